The van der Waals surface area contributed by atoms with Crippen molar-refractivity contribution in [3.63, 3.8) is 0 Å². The van der Waals surface area contributed by atoms with Crippen LogP contribution >= 0.6 is 0 Å². The van der Waals surface area contributed by atoms with E-state index in [-0.39, 0.29) is 6.10 Å². The third kappa shape index (κ3) is 6.83. The van der Waals surface area contributed by atoms with E-state index in [0.29, 0.717) is 5.92 Å². The second kappa shape index (κ2) is 7.14. The molecule has 0 aromatic heterocycles. The standard InChI is InChI=1S/C12H24O/c1-5-7-12(13)11(4)9-6-8-10(2)3/h8,11-13H,5-7,9H2,1-4H3. The van der Waals surface area contributed by atoms with Crippen molar-refractivity contribution in [1.29, 1.82) is 0 Å². The Kier molecular flexibility index (Phi) is 6.97. The molecule has 0 aromatic carbocycles. The average Bonchev–Trinajstić information content (AvgIpc) is 2.04. The number of allylic oxidation sites excluding steroid dienone is 2. The van der Waals surface area contributed by atoms with Gasteiger partial charge < -0.3 is 5.11 Å². The highest BCUT2D eigenvalue weighted by molar-refractivity contribution is 4.92. The van der Waals surface area contributed by atoms with Gasteiger partial charge in [0.2, 0.25) is 0 Å². The lowest BCUT2D eigenvalue weighted by atomic mass is 9.95. The van der Waals surface area contributed by atoms with Crippen molar-refractivity contribution < 1.29 is 5.11 Å². The molecule has 0 spiro atoms. The summed E-state index contributed by atoms with van der Waals surface area (Å²) in [5.74, 6) is 0.440. The molecule has 0 saturated heterocycles. The van der Waals surface area contributed by atoms with Crippen LogP contribution in [0.4, 0.5) is 0 Å². The van der Waals surface area contributed by atoms with Gasteiger partial charge in [-0.15, -0.1) is 0 Å². The molecule has 1 nitrogen and oxygen atoms in total. The first-order chi connectivity index (χ1) is 6.07. The summed E-state index contributed by atoms with van der Waals surface area (Å²) in [4.78, 5) is 0. The topological polar surface area (TPSA) is 20.2 Å². The maximum absolute atomic E-state index is 9.66. The van der Waals surface area contributed by atoms with Gasteiger partial charge in [-0.1, -0.05) is 31.9 Å². The van der Waals surface area contributed by atoms with Crippen molar-refractivity contribution in [2.75, 3.05) is 0 Å². The molecule has 2 atom stereocenters. The molecule has 0 heterocycles. The predicted molar refractivity (Wildman–Crippen MR) is 58.7 cm³/mol. The van der Waals surface area contributed by atoms with Crippen LogP contribution in [-0.2, 0) is 0 Å². The first-order valence-corrected chi connectivity index (χ1v) is 5.39. The molecule has 1 heteroatoms. The summed E-state index contributed by atoms with van der Waals surface area (Å²) >= 11 is 0. The Hall–Kier alpha value is -0.300. The highest BCUT2D eigenvalue weighted by Crippen LogP contribution is 2.15. The van der Waals surface area contributed by atoms with Crippen molar-refractivity contribution in [2.24, 2.45) is 5.92 Å². The van der Waals surface area contributed by atoms with E-state index in [1.807, 2.05) is 0 Å². The van der Waals surface area contributed by atoms with E-state index in [0.717, 1.165) is 25.7 Å². The van der Waals surface area contributed by atoms with Gasteiger partial charge in [-0.2, -0.15) is 0 Å². The first kappa shape index (κ1) is 12.7. The first-order valence-electron chi connectivity index (χ1n) is 5.39. The lowest BCUT2D eigenvalue weighted by Gasteiger charge is -2.17. The Morgan fingerprint density at radius 1 is 1.31 bits per heavy atom. The Labute approximate surface area is 82.9 Å². The van der Waals surface area contributed by atoms with Gasteiger partial charge in [-0.3, -0.25) is 0 Å². The Morgan fingerprint density at radius 3 is 2.38 bits per heavy atom. The Balaban J connectivity index is 3.61. The van der Waals surface area contributed by atoms with Gasteiger partial charge in [-0.05, 0) is 39.0 Å². The normalized spacial score (nSPS) is 15.2. The predicted octanol–water partition coefficient (Wildman–Crippen LogP) is 3.53. The van der Waals surface area contributed by atoms with Crippen LogP contribution in [0, 0.1) is 5.92 Å². The summed E-state index contributed by atoms with van der Waals surface area (Å²) in [7, 11) is 0. The van der Waals surface area contributed by atoms with Gasteiger partial charge in [-0.25, -0.2) is 0 Å². The van der Waals surface area contributed by atoms with E-state index < -0.39 is 0 Å². The molecule has 2 unspecified atom stereocenters. The molecule has 13 heavy (non-hydrogen) atoms. The van der Waals surface area contributed by atoms with Crippen LogP contribution in [0.15, 0.2) is 11.6 Å². The van der Waals surface area contributed by atoms with Gasteiger partial charge in [0, 0.05) is 0 Å². The highest BCUT2D eigenvalue weighted by Gasteiger charge is 2.11. The summed E-state index contributed by atoms with van der Waals surface area (Å²) in [5, 5.41) is 9.66. The van der Waals surface area contributed by atoms with E-state index in [4.69, 9.17) is 0 Å². The van der Waals surface area contributed by atoms with E-state index in [1.54, 1.807) is 0 Å². The molecule has 0 bridgehead atoms. The van der Waals surface area contributed by atoms with Crippen LogP contribution in [-0.4, -0.2) is 11.2 Å². The lowest BCUT2D eigenvalue weighted by Crippen LogP contribution is -2.16. The summed E-state index contributed by atoms with van der Waals surface area (Å²) in [5.41, 5.74) is 1.37. The van der Waals surface area contributed by atoms with Crippen molar-refractivity contribution in [2.45, 2.75) is 59.5 Å². The zero-order valence-corrected chi connectivity index (χ0v) is 9.51. The fourth-order valence-electron chi connectivity index (χ4n) is 1.41. The Morgan fingerprint density at radius 2 is 1.92 bits per heavy atom. The van der Waals surface area contributed by atoms with Crippen LogP contribution in [0.25, 0.3) is 0 Å². The zero-order valence-electron chi connectivity index (χ0n) is 9.51. The second-order valence-electron chi connectivity index (χ2n) is 4.19. The molecule has 0 aliphatic carbocycles. The lowest BCUT2D eigenvalue weighted by molar-refractivity contribution is 0.103. The number of aliphatic hydroxyl groups excluding tert-OH is 1. The van der Waals surface area contributed by atoms with E-state index >= 15 is 0 Å². The molecule has 1 N–H and O–H groups in total. The molecule has 0 aliphatic heterocycles. The minimum Gasteiger partial charge on any atom is -0.393 e. The average molecular weight is 184 g/mol. The van der Waals surface area contributed by atoms with Gasteiger partial charge in [0.1, 0.15) is 0 Å². The second-order valence-corrected chi connectivity index (χ2v) is 4.19. The summed E-state index contributed by atoms with van der Waals surface area (Å²) < 4.78 is 0. The van der Waals surface area contributed by atoms with Crippen LogP contribution in [0.3, 0.4) is 0 Å². The monoisotopic (exact) mass is 184 g/mol. The van der Waals surface area contributed by atoms with Gasteiger partial charge in [0.15, 0.2) is 0 Å². The molecular weight excluding hydrogens is 160 g/mol. The van der Waals surface area contributed by atoms with Crippen LogP contribution in [0.1, 0.15) is 53.4 Å². The molecule has 0 amide bonds. The van der Waals surface area contributed by atoms with Gasteiger partial charge in [0.25, 0.3) is 0 Å². The van der Waals surface area contributed by atoms with Gasteiger partial charge >= 0.3 is 0 Å². The summed E-state index contributed by atoms with van der Waals surface area (Å²) in [6.45, 7) is 8.49. The van der Waals surface area contributed by atoms with Crippen molar-refractivity contribution in [3.05, 3.63) is 11.6 Å². The zero-order chi connectivity index (χ0) is 10.3. The smallest absolute Gasteiger partial charge is 0.0565 e. The molecule has 0 saturated carbocycles. The quantitative estimate of drug-likeness (QED) is 0.626. The molecular formula is C12H24O. The van der Waals surface area contributed by atoms with Crippen LogP contribution in [0.5, 0.6) is 0 Å². The minimum absolute atomic E-state index is 0.101. The van der Waals surface area contributed by atoms with Crippen LogP contribution in [0.2, 0.25) is 0 Å². The van der Waals surface area contributed by atoms with E-state index in [2.05, 4.69) is 33.8 Å². The molecule has 0 fully saturated rings. The summed E-state index contributed by atoms with van der Waals surface area (Å²) in [6, 6.07) is 0. The van der Waals surface area contributed by atoms with Crippen LogP contribution < -0.4 is 0 Å². The van der Waals surface area contributed by atoms with Crippen molar-refractivity contribution in [1.82, 2.24) is 0 Å². The molecule has 78 valence electrons. The largest absolute Gasteiger partial charge is 0.393 e. The maximum Gasteiger partial charge on any atom is 0.0565 e. The minimum atomic E-state index is -0.101. The number of hydrogen-bond donors (Lipinski definition) is 1. The number of aliphatic hydroxyl groups is 1. The number of rotatable bonds is 6. The van der Waals surface area contributed by atoms with Crippen molar-refractivity contribution in [3.8, 4) is 0 Å². The molecule has 0 rings (SSSR count). The molecule has 0 aromatic rings. The molecule has 0 aliphatic rings. The summed E-state index contributed by atoms with van der Waals surface area (Å²) in [6.07, 6.45) is 6.37. The Bertz CT molecular complexity index is 145. The maximum atomic E-state index is 9.66. The number of hydrogen-bond acceptors (Lipinski definition) is 1. The van der Waals surface area contributed by atoms with Crippen molar-refractivity contribution >= 4 is 0 Å². The van der Waals surface area contributed by atoms with Gasteiger partial charge in [0.05, 0.1) is 6.10 Å². The fraction of sp³-hybridized carbons (Fsp3) is 0.833. The van der Waals surface area contributed by atoms with E-state index in [9.17, 15) is 5.11 Å². The third-order valence-electron chi connectivity index (χ3n) is 2.42. The fourth-order valence-corrected chi connectivity index (χ4v) is 1.41. The third-order valence-corrected chi connectivity index (χ3v) is 2.42. The molecule has 0 radical (unpaired) electrons. The van der Waals surface area contributed by atoms with E-state index in [1.165, 1.54) is 5.57 Å². The highest BCUT2D eigenvalue weighted by atomic mass is 16.3. The SMILES string of the molecule is CCCC(O)C(C)CCC=C(C)C.